The molecule has 12 N–H and O–H groups in total. The number of aliphatic carboxylic acids is 1. The van der Waals surface area contributed by atoms with E-state index < -0.39 is 60.2 Å². The van der Waals surface area contributed by atoms with Crippen LogP contribution in [0.15, 0.2) is 4.99 Å². The molecule has 34 heavy (non-hydrogen) atoms. The minimum Gasteiger partial charge on any atom is -0.480 e. The first-order chi connectivity index (χ1) is 15.9. The zero-order valence-corrected chi connectivity index (χ0v) is 20.6. The lowest BCUT2D eigenvalue weighted by atomic mass is 10.1. The lowest BCUT2D eigenvalue weighted by Gasteiger charge is -2.24. The van der Waals surface area contributed by atoms with Crippen LogP contribution in [0.3, 0.4) is 0 Å². The number of carbonyl (C=O) groups is 5. The van der Waals surface area contributed by atoms with Gasteiger partial charge >= 0.3 is 5.97 Å². The molecule has 16 heteroatoms. The van der Waals surface area contributed by atoms with Crippen LogP contribution < -0.4 is 38.9 Å². The first kappa shape index (κ1) is 31.3. The Labute approximate surface area is 207 Å². The molecule has 4 amide bonds. The average Bonchev–Trinajstić information content (AvgIpc) is 2.76. The van der Waals surface area contributed by atoms with Crippen molar-refractivity contribution in [2.75, 3.05) is 24.3 Å². The Morgan fingerprint density at radius 1 is 0.941 bits per heavy atom. The van der Waals surface area contributed by atoms with Gasteiger partial charge in [0.15, 0.2) is 5.96 Å². The van der Waals surface area contributed by atoms with Crippen LogP contribution in [0, 0.1) is 0 Å². The Balaban J connectivity index is 5.39. The summed E-state index contributed by atoms with van der Waals surface area (Å²) in [6.45, 7) is 0.147. The van der Waals surface area contributed by atoms with Gasteiger partial charge in [0, 0.05) is 12.3 Å². The van der Waals surface area contributed by atoms with Crippen LogP contribution in [0.1, 0.15) is 25.7 Å². The quantitative estimate of drug-likeness (QED) is 0.0393. The van der Waals surface area contributed by atoms with Crippen molar-refractivity contribution in [3.63, 3.8) is 0 Å². The molecule has 0 saturated heterocycles. The number of amides is 4. The summed E-state index contributed by atoms with van der Waals surface area (Å²) in [6, 6.07) is -4.79. The van der Waals surface area contributed by atoms with E-state index in [9.17, 15) is 29.1 Å². The maximum atomic E-state index is 12.8. The highest BCUT2D eigenvalue weighted by Crippen LogP contribution is 2.05. The van der Waals surface area contributed by atoms with Gasteiger partial charge < -0.3 is 44.0 Å². The molecule has 0 heterocycles. The summed E-state index contributed by atoms with van der Waals surface area (Å²) in [5.74, 6) is -4.13. The van der Waals surface area contributed by atoms with Crippen molar-refractivity contribution in [3.05, 3.63) is 0 Å². The van der Waals surface area contributed by atoms with E-state index in [1.807, 2.05) is 0 Å². The Kier molecular flexibility index (Phi) is 15.5. The lowest BCUT2D eigenvalue weighted by molar-refractivity contribution is -0.142. The van der Waals surface area contributed by atoms with Crippen molar-refractivity contribution in [3.8, 4) is 0 Å². The van der Waals surface area contributed by atoms with Crippen molar-refractivity contribution in [1.82, 2.24) is 16.0 Å². The Bertz CT molecular complexity index is 750. The number of primary amides is 1. The normalized spacial score (nSPS) is 14.1. The van der Waals surface area contributed by atoms with Crippen LogP contribution in [-0.4, -0.2) is 89.1 Å². The maximum absolute atomic E-state index is 12.8. The lowest BCUT2D eigenvalue weighted by Crippen LogP contribution is -2.58. The molecule has 0 fully saturated rings. The molecular weight excluding hydrogens is 488 g/mol. The van der Waals surface area contributed by atoms with Crippen LogP contribution in [0.5, 0.6) is 0 Å². The highest BCUT2D eigenvalue weighted by atomic mass is 32.2. The molecular formula is C18H34N8O6S2. The standard InChI is InChI=1S/C18H34N8O6S2/c1-34-6-4-10(24-14(28)9(19)8-33)15(29)26-12(7-13(20)27)16(30)25-11(17(31)32)3-2-5-23-18(21)22/h9-12,33H,2-8,19H2,1H3,(H2,20,27)(H,24,28)(H,25,30)(H,26,29)(H,31,32)(H4,21,22,23). The van der Waals surface area contributed by atoms with Gasteiger partial charge in [-0.2, -0.15) is 24.4 Å². The smallest absolute Gasteiger partial charge is 0.326 e. The molecule has 0 aliphatic rings. The number of carboxylic acid groups (broad SMARTS) is 1. The fraction of sp³-hybridized carbons (Fsp3) is 0.667. The number of nitrogens with one attached hydrogen (secondary N) is 3. The molecule has 0 aromatic carbocycles. The summed E-state index contributed by atoms with van der Waals surface area (Å²) in [4.78, 5) is 64.4. The molecule has 14 nitrogen and oxygen atoms in total. The third kappa shape index (κ3) is 13.1. The Morgan fingerprint density at radius 3 is 2.00 bits per heavy atom. The van der Waals surface area contributed by atoms with Gasteiger partial charge in [0.1, 0.15) is 18.1 Å². The summed E-state index contributed by atoms with van der Waals surface area (Å²) >= 11 is 5.37. The summed E-state index contributed by atoms with van der Waals surface area (Å²) in [5, 5.41) is 16.5. The number of rotatable bonds is 17. The molecule has 0 aromatic heterocycles. The molecule has 0 radical (unpaired) electrons. The SMILES string of the molecule is CSCCC(NC(=O)C(N)CS)C(=O)NC(CC(N)=O)C(=O)NC(CCCN=C(N)N)C(=O)O. The predicted molar refractivity (Wildman–Crippen MR) is 132 cm³/mol. The molecule has 0 bridgehead atoms. The number of hydrogen-bond acceptors (Lipinski definition) is 9. The second kappa shape index (κ2) is 16.8. The van der Waals surface area contributed by atoms with Crippen molar-refractivity contribution in [2.45, 2.75) is 49.9 Å². The fourth-order valence-corrected chi connectivity index (χ4v) is 3.22. The maximum Gasteiger partial charge on any atom is 0.326 e. The minimum absolute atomic E-state index is 0.0108. The molecule has 0 spiro atoms. The van der Waals surface area contributed by atoms with Gasteiger partial charge in [-0.3, -0.25) is 24.2 Å². The molecule has 4 atom stereocenters. The first-order valence-corrected chi connectivity index (χ1v) is 12.3. The van der Waals surface area contributed by atoms with Crippen LogP contribution in [0.2, 0.25) is 0 Å². The van der Waals surface area contributed by atoms with E-state index in [0.717, 1.165) is 0 Å². The van der Waals surface area contributed by atoms with Gasteiger partial charge in [-0.05, 0) is 31.3 Å². The van der Waals surface area contributed by atoms with Crippen LogP contribution in [0.4, 0.5) is 0 Å². The number of nitrogens with zero attached hydrogens (tertiary/aromatic N) is 1. The van der Waals surface area contributed by atoms with E-state index in [-0.39, 0.29) is 37.5 Å². The summed E-state index contributed by atoms with van der Waals surface area (Å²) in [6.07, 6.45) is 1.67. The van der Waals surface area contributed by atoms with Gasteiger partial charge in [0.05, 0.1) is 12.5 Å². The van der Waals surface area contributed by atoms with E-state index in [1.54, 1.807) is 6.26 Å². The van der Waals surface area contributed by atoms with E-state index in [4.69, 9.17) is 22.9 Å². The molecule has 0 saturated carbocycles. The predicted octanol–water partition coefficient (Wildman–Crippen LogP) is -3.54. The van der Waals surface area contributed by atoms with E-state index in [1.165, 1.54) is 11.8 Å². The van der Waals surface area contributed by atoms with E-state index in [0.29, 0.717) is 5.75 Å². The van der Waals surface area contributed by atoms with Crippen molar-refractivity contribution in [1.29, 1.82) is 0 Å². The first-order valence-electron chi connectivity index (χ1n) is 10.3. The van der Waals surface area contributed by atoms with Gasteiger partial charge in [-0.1, -0.05) is 0 Å². The van der Waals surface area contributed by atoms with Crippen molar-refractivity contribution < 1.29 is 29.1 Å². The van der Waals surface area contributed by atoms with Gasteiger partial charge in [-0.25, -0.2) is 4.79 Å². The second-order valence-electron chi connectivity index (χ2n) is 7.21. The fourth-order valence-electron chi connectivity index (χ4n) is 2.58. The van der Waals surface area contributed by atoms with Crippen molar-refractivity contribution >= 4 is 59.9 Å². The molecule has 0 aromatic rings. The topological polar surface area (TPSA) is 258 Å². The van der Waals surface area contributed by atoms with Gasteiger partial charge in [-0.15, -0.1) is 0 Å². The summed E-state index contributed by atoms with van der Waals surface area (Å²) in [7, 11) is 0. The number of carboxylic acids is 1. The van der Waals surface area contributed by atoms with Crippen LogP contribution in [0.25, 0.3) is 0 Å². The third-order valence-electron chi connectivity index (χ3n) is 4.38. The number of thiol groups is 1. The van der Waals surface area contributed by atoms with E-state index >= 15 is 0 Å². The monoisotopic (exact) mass is 522 g/mol. The van der Waals surface area contributed by atoms with Gasteiger partial charge in [0.2, 0.25) is 23.6 Å². The third-order valence-corrected chi connectivity index (χ3v) is 5.41. The number of carbonyl (C=O) groups excluding carboxylic acids is 4. The van der Waals surface area contributed by atoms with Crippen LogP contribution >= 0.6 is 24.4 Å². The van der Waals surface area contributed by atoms with Crippen molar-refractivity contribution in [2.24, 2.45) is 27.9 Å². The van der Waals surface area contributed by atoms with Gasteiger partial charge in [0.25, 0.3) is 0 Å². The number of guanidine groups is 1. The highest BCUT2D eigenvalue weighted by Gasteiger charge is 2.30. The zero-order valence-electron chi connectivity index (χ0n) is 18.9. The Hall–Kier alpha value is -2.72. The second-order valence-corrected chi connectivity index (χ2v) is 8.56. The molecule has 4 unspecified atom stereocenters. The molecule has 0 aliphatic heterocycles. The summed E-state index contributed by atoms with van der Waals surface area (Å²) in [5.41, 5.74) is 21.2. The minimum atomic E-state index is -1.46. The largest absolute Gasteiger partial charge is 0.480 e. The summed E-state index contributed by atoms with van der Waals surface area (Å²) < 4.78 is 0. The highest BCUT2D eigenvalue weighted by molar-refractivity contribution is 7.98. The van der Waals surface area contributed by atoms with Crippen LogP contribution in [-0.2, 0) is 24.0 Å². The molecule has 0 aliphatic carbocycles. The molecule has 0 rings (SSSR count). The van der Waals surface area contributed by atoms with E-state index in [2.05, 4.69) is 33.6 Å². The number of nitrogens with two attached hydrogens (primary N) is 4. The average molecular weight is 523 g/mol. The Morgan fingerprint density at radius 2 is 1.50 bits per heavy atom. The number of aliphatic imine (C=N–C) groups is 1. The number of hydrogen-bond donors (Lipinski definition) is 9. The number of thioether (sulfide) groups is 1. The molecule has 194 valence electrons. The zero-order chi connectivity index (χ0) is 26.3.